The molecule has 0 nitrogen and oxygen atoms in total. The van der Waals surface area contributed by atoms with E-state index in [1.54, 1.807) is 0 Å². The summed E-state index contributed by atoms with van der Waals surface area (Å²) in [5, 5.41) is 0. The Hall–Kier alpha value is 2.41. The first kappa shape index (κ1) is 15.7. The smallest absolute Gasteiger partial charge is 1.00 e. The zero-order valence-electron chi connectivity index (χ0n) is 2.84. The standard InChI is InChI=1S/ClH.2FH.K.Zn/h3*1H;;/q;;;+1;+2/p-3. The number of hydrogen-bond donors (Lipinski definition) is 0. The van der Waals surface area contributed by atoms with Gasteiger partial charge in [0.05, 0.1) is 0 Å². The Morgan fingerprint density at radius 3 is 1.20 bits per heavy atom. The maximum absolute atomic E-state index is 9.81. The van der Waals surface area contributed by atoms with Crippen molar-refractivity contribution in [3.05, 3.63) is 0 Å². The van der Waals surface area contributed by atoms with Gasteiger partial charge in [-0.3, -0.25) is 0 Å². The molecule has 0 atom stereocenters. The van der Waals surface area contributed by atoms with Crippen molar-refractivity contribution in [2.24, 2.45) is 0 Å². The molecule has 0 aromatic heterocycles. The van der Waals surface area contributed by atoms with E-state index in [0.29, 0.717) is 0 Å². The molecule has 0 aromatic carbocycles. The molecule has 0 bridgehead atoms. The van der Waals surface area contributed by atoms with Crippen molar-refractivity contribution in [3.63, 3.8) is 0 Å². The Labute approximate surface area is 86.7 Å². The predicted octanol–water partition coefficient (Wildman–Crippen LogP) is -5.15. The van der Waals surface area contributed by atoms with Crippen LogP contribution in [-0.2, 0) is 18.1 Å². The van der Waals surface area contributed by atoms with Crippen LogP contribution < -0.4 is 63.8 Å². The van der Waals surface area contributed by atoms with E-state index in [9.17, 15) is 6.63 Å². The molecule has 0 aromatic rings. The zero-order valence-corrected chi connectivity index (χ0v) is 9.69. The summed E-state index contributed by atoms with van der Waals surface area (Å²) in [4.78, 5) is 0. The van der Waals surface area contributed by atoms with E-state index in [1.165, 1.54) is 0 Å². The topological polar surface area (TPSA) is 0 Å². The molecule has 0 amide bonds. The van der Waals surface area contributed by atoms with Crippen LogP contribution in [0.15, 0.2) is 0 Å². The number of halogens is 3. The summed E-state index contributed by atoms with van der Waals surface area (Å²) in [7, 11) is 0. The summed E-state index contributed by atoms with van der Waals surface area (Å²) < 4.78 is 19.6. The third-order valence-electron chi connectivity index (χ3n) is 0. The summed E-state index contributed by atoms with van der Waals surface area (Å²) >= 11 is -2.88. The molecule has 0 heterocycles. The SMILES string of the molecule is [Cl-].[F][Zn][F].[K+]. The fourth-order valence-corrected chi connectivity index (χ4v) is 0. The van der Waals surface area contributed by atoms with E-state index in [0.717, 1.165) is 0 Å². The first-order valence-corrected chi connectivity index (χ1v) is 2.78. The molecule has 0 aliphatic heterocycles. The Bertz CT molecular complexity index is 9.61. The minimum Gasteiger partial charge on any atom is 1.00 e. The van der Waals surface area contributed by atoms with Gasteiger partial charge in [0.2, 0.25) is 0 Å². The maximum atomic E-state index is 9.81. The minimum atomic E-state index is -2.88. The van der Waals surface area contributed by atoms with Crippen molar-refractivity contribution in [1.29, 1.82) is 0 Å². The minimum absolute atomic E-state index is 0. The number of hydrogen-bond acceptors (Lipinski definition) is 0. The first-order valence-electron chi connectivity index (χ1n) is 0.535. The van der Waals surface area contributed by atoms with Crippen molar-refractivity contribution in [2.45, 2.75) is 0 Å². The monoisotopic (exact) mass is 176 g/mol. The molecule has 5 heteroatoms. The maximum Gasteiger partial charge on any atom is 1.00 e. The van der Waals surface area contributed by atoms with Crippen LogP contribution in [0.25, 0.3) is 0 Å². The van der Waals surface area contributed by atoms with Crippen LogP contribution in [0.5, 0.6) is 0 Å². The molecule has 0 saturated heterocycles. The van der Waals surface area contributed by atoms with E-state index in [-0.39, 0.29) is 63.8 Å². The normalized spacial score (nSPS) is 2.00. The van der Waals surface area contributed by atoms with Gasteiger partial charge in [-0.25, -0.2) is 0 Å². The van der Waals surface area contributed by atoms with Gasteiger partial charge in [0.15, 0.2) is 0 Å². The van der Waals surface area contributed by atoms with Crippen LogP contribution in [0.1, 0.15) is 0 Å². The van der Waals surface area contributed by atoms with Crippen molar-refractivity contribution in [2.75, 3.05) is 0 Å². The van der Waals surface area contributed by atoms with Gasteiger partial charge in [-0.2, -0.15) is 0 Å². The van der Waals surface area contributed by atoms with Crippen LogP contribution in [0.2, 0.25) is 0 Å². The molecule has 0 N–H and O–H groups in total. The van der Waals surface area contributed by atoms with Gasteiger partial charge < -0.3 is 12.4 Å². The third-order valence-corrected chi connectivity index (χ3v) is 0. The molecule has 0 aliphatic rings. The van der Waals surface area contributed by atoms with Crippen molar-refractivity contribution < 1.29 is 88.5 Å². The molecule has 5 heavy (non-hydrogen) atoms. The van der Waals surface area contributed by atoms with E-state index in [2.05, 4.69) is 0 Å². The van der Waals surface area contributed by atoms with Gasteiger partial charge in [0.1, 0.15) is 0 Å². The van der Waals surface area contributed by atoms with Crippen LogP contribution >= 0.6 is 0 Å². The summed E-state index contributed by atoms with van der Waals surface area (Å²) in [6.07, 6.45) is 0. The summed E-state index contributed by atoms with van der Waals surface area (Å²) in [5.74, 6) is 0. The van der Waals surface area contributed by atoms with Gasteiger partial charge in [0.25, 0.3) is 0 Å². The quantitative estimate of drug-likeness (QED) is 0.325. The van der Waals surface area contributed by atoms with Gasteiger partial charge in [0, 0.05) is 0 Å². The Morgan fingerprint density at radius 1 is 1.20 bits per heavy atom. The van der Waals surface area contributed by atoms with Gasteiger partial charge in [-0.15, -0.1) is 0 Å². The predicted molar refractivity (Wildman–Crippen MR) is 2.22 cm³/mol. The van der Waals surface area contributed by atoms with Crippen molar-refractivity contribution in [1.82, 2.24) is 0 Å². The largest absolute Gasteiger partial charge is 1.00 e. The van der Waals surface area contributed by atoms with E-state index in [4.69, 9.17) is 0 Å². The summed E-state index contributed by atoms with van der Waals surface area (Å²) in [6, 6.07) is 0. The molecule has 0 saturated carbocycles. The Balaban J connectivity index is -0.0000000200. The molecule has 0 aliphatic carbocycles. The van der Waals surface area contributed by atoms with E-state index < -0.39 is 18.1 Å². The Morgan fingerprint density at radius 2 is 1.20 bits per heavy atom. The van der Waals surface area contributed by atoms with E-state index in [1.807, 2.05) is 0 Å². The third kappa shape index (κ3) is 21.5. The second kappa shape index (κ2) is 16.1. The fourth-order valence-electron chi connectivity index (χ4n) is 0. The molecule has 0 fully saturated rings. The molecule has 0 rings (SSSR count). The molecule has 0 spiro atoms. The molecule has 0 unspecified atom stereocenters. The van der Waals surface area contributed by atoms with E-state index >= 15 is 0 Å². The van der Waals surface area contributed by atoms with Crippen molar-refractivity contribution >= 4 is 0 Å². The van der Waals surface area contributed by atoms with Gasteiger partial charge >= 0.3 is 76.1 Å². The van der Waals surface area contributed by atoms with Crippen LogP contribution in [-0.4, -0.2) is 0 Å². The summed E-state index contributed by atoms with van der Waals surface area (Å²) in [5.41, 5.74) is 0. The van der Waals surface area contributed by atoms with Crippen LogP contribution in [0.3, 0.4) is 0 Å². The molecule has 24 valence electrons. The first-order chi connectivity index (χ1) is 1.41. The van der Waals surface area contributed by atoms with Crippen molar-refractivity contribution in [3.8, 4) is 0 Å². The average Bonchev–Trinajstić information content (AvgIpc) is 0.918. The van der Waals surface area contributed by atoms with Crippen LogP contribution in [0, 0.1) is 0 Å². The fraction of sp³-hybridized carbons (Fsp3) is 0. The van der Waals surface area contributed by atoms with Crippen LogP contribution in [0.4, 0.5) is 6.63 Å². The molecule has 0 radical (unpaired) electrons. The number of rotatable bonds is 0. The van der Waals surface area contributed by atoms with Gasteiger partial charge in [-0.1, -0.05) is 0 Å². The summed E-state index contributed by atoms with van der Waals surface area (Å²) in [6.45, 7) is 0. The Kier molecular flexibility index (Phi) is 50.5. The second-order valence-electron chi connectivity index (χ2n) is 0.101. The zero-order chi connectivity index (χ0) is 2.71. The molecular weight excluding hydrogens is 178 g/mol. The average molecular weight is 178 g/mol. The second-order valence-corrected chi connectivity index (χ2v) is 0.525. The molecular formula is ClF2KZn. The van der Waals surface area contributed by atoms with Gasteiger partial charge in [-0.05, 0) is 0 Å².